The summed E-state index contributed by atoms with van der Waals surface area (Å²) in [6.07, 6.45) is 1.66. The molecule has 0 saturated carbocycles. The lowest BCUT2D eigenvalue weighted by Gasteiger charge is -2.10. The number of pyridine rings is 1. The lowest BCUT2D eigenvalue weighted by molar-refractivity contribution is 0.449. The van der Waals surface area contributed by atoms with Gasteiger partial charge in [-0.25, -0.2) is 9.37 Å². The van der Waals surface area contributed by atoms with E-state index in [4.69, 9.17) is 4.74 Å². The molecule has 0 unspecified atom stereocenters. The molecule has 5 heteroatoms. The van der Waals surface area contributed by atoms with Crippen LogP contribution in [-0.4, -0.2) is 11.5 Å². The highest BCUT2D eigenvalue weighted by Gasteiger charge is 2.08. The van der Waals surface area contributed by atoms with Crippen LogP contribution in [0.5, 0.6) is 11.6 Å². The number of ether oxygens (including phenoxy) is 1. The third kappa shape index (κ3) is 4.01. The maximum Gasteiger partial charge on any atom is 0.223 e. The fourth-order valence-corrected chi connectivity index (χ4v) is 1.97. The molecular weight excluding hydrogens is 311 g/mol. The van der Waals surface area contributed by atoms with Gasteiger partial charge in [0.25, 0.3) is 0 Å². The molecule has 0 amide bonds. The second-order valence-corrected chi connectivity index (χ2v) is 4.87. The first-order valence-corrected chi connectivity index (χ1v) is 6.77. The van der Waals surface area contributed by atoms with Gasteiger partial charge in [-0.1, -0.05) is 13.0 Å². The number of nitrogens with one attached hydrogen (secondary N) is 1. The van der Waals surface area contributed by atoms with Crippen LogP contribution in [0.4, 0.5) is 4.39 Å². The summed E-state index contributed by atoms with van der Waals surface area (Å²) >= 11 is 3.38. The van der Waals surface area contributed by atoms with Crippen LogP contribution in [-0.2, 0) is 6.54 Å². The highest BCUT2D eigenvalue weighted by molar-refractivity contribution is 9.10. The molecule has 1 aromatic heterocycles. The first-order valence-electron chi connectivity index (χ1n) is 5.97. The molecule has 0 aliphatic rings. The van der Waals surface area contributed by atoms with Crippen LogP contribution in [0.25, 0.3) is 0 Å². The van der Waals surface area contributed by atoms with Crippen molar-refractivity contribution in [2.45, 2.75) is 13.5 Å². The zero-order valence-corrected chi connectivity index (χ0v) is 12.1. The van der Waals surface area contributed by atoms with E-state index in [1.54, 1.807) is 18.3 Å². The van der Waals surface area contributed by atoms with Crippen LogP contribution in [0.1, 0.15) is 12.5 Å². The van der Waals surface area contributed by atoms with E-state index in [0.717, 1.165) is 16.6 Å². The molecule has 0 bridgehead atoms. The van der Waals surface area contributed by atoms with E-state index in [9.17, 15) is 4.39 Å². The highest BCUT2D eigenvalue weighted by atomic mass is 79.9. The average molecular weight is 325 g/mol. The summed E-state index contributed by atoms with van der Waals surface area (Å²) in [4.78, 5) is 4.22. The molecule has 0 saturated heterocycles. The molecule has 19 heavy (non-hydrogen) atoms. The van der Waals surface area contributed by atoms with Gasteiger partial charge in [0.05, 0.1) is 0 Å². The van der Waals surface area contributed by atoms with Crippen molar-refractivity contribution in [1.29, 1.82) is 0 Å². The van der Waals surface area contributed by atoms with Crippen molar-refractivity contribution in [3.05, 3.63) is 52.4 Å². The molecule has 1 N–H and O–H groups in total. The number of aromatic nitrogens is 1. The molecule has 3 nitrogen and oxygen atoms in total. The molecule has 0 fully saturated rings. The number of nitrogens with zero attached hydrogens (tertiary/aromatic N) is 1. The number of halogens is 2. The SMILES string of the molecule is CCNCc1cc(Br)cnc1Oc1cccc(F)c1. The van der Waals surface area contributed by atoms with Crippen LogP contribution < -0.4 is 10.1 Å². The molecule has 1 aromatic carbocycles. The fourth-order valence-electron chi connectivity index (χ4n) is 1.59. The van der Waals surface area contributed by atoms with E-state index in [1.807, 2.05) is 13.0 Å². The van der Waals surface area contributed by atoms with Gasteiger partial charge in [-0.05, 0) is 40.7 Å². The Labute approximate surface area is 119 Å². The minimum absolute atomic E-state index is 0.331. The molecule has 0 aliphatic carbocycles. The van der Waals surface area contributed by atoms with Gasteiger partial charge in [0.15, 0.2) is 0 Å². The Morgan fingerprint density at radius 3 is 2.95 bits per heavy atom. The monoisotopic (exact) mass is 324 g/mol. The van der Waals surface area contributed by atoms with Gasteiger partial charge < -0.3 is 10.1 Å². The fraction of sp³-hybridized carbons (Fsp3) is 0.214. The zero-order valence-electron chi connectivity index (χ0n) is 10.5. The lowest BCUT2D eigenvalue weighted by atomic mass is 10.2. The topological polar surface area (TPSA) is 34.2 Å². The molecule has 0 aliphatic heterocycles. The first kappa shape index (κ1) is 14.0. The summed E-state index contributed by atoms with van der Waals surface area (Å²) in [6.45, 7) is 3.53. The van der Waals surface area contributed by atoms with E-state index in [0.29, 0.717) is 18.2 Å². The summed E-state index contributed by atoms with van der Waals surface area (Å²) in [5.74, 6) is 0.588. The first-order chi connectivity index (χ1) is 9.19. The van der Waals surface area contributed by atoms with E-state index in [1.165, 1.54) is 12.1 Å². The van der Waals surface area contributed by atoms with Crippen molar-refractivity contribution in [3.8, 4) is 11.6 Å². The van der Waals surface area contributed by atoms with Crippen LogP contribution in [0.2, 0.25) is 0 Å². The largest absolute Gasteiger partial charge is 0.439 e. The number of rotatable bonds is 5. The van der Waals surface area contributed by atoms with Gasteiger partial charge in [-0.2, -0.15) is 0 Å². The van der Waals surface area contributed by atoms with Gasteiger partial charge in [0.1, 0.15) is 11.6 Å². The Morgan fingerprint density at radius 2 is 2.21 bits per heavy atom. The van der Waals surface area contributed by atoms with Crippen molar-refractivity contribution >= 4 is 15.9 Å². The third-order valence-corrected chi connectivity index (χ3v) is 2.90. The lowest BCUT2D eigenvalue weighted by Crippen LogP contribution is -2.12. The van der Waals surface area contributed by atoms with Gasteiger partial charge in [-0.15, -0.1) is 0 Å². The number of hydrogen-bond acceptors (Lipinski definition) is 3. The molecule has 0 spiro atoms. The molecule has 0 radical (unpaired) electrons. The maximum atomic E-state index is 13.1. The minimum Gasteiger partial charge on any atom is -0.439 e. The molecular formula is C14H14BrFN2O. The minimum atomic E-state index is -0.331. The summed E-state index contributed by atoms with van der Waals surface area (Å²) in [7, 11) is 0. The summed E-state index contributed by atoms with van der Waals surface area (Å²) < 4.78 is 19.6. The van der Waals surface area contributed by atoms with Gasteiger partial charge in [0, 0.05) is 28.8 Å². The Morgan fingerprint density at radius 1 is 1.37 bits per heavy atom. The van der Waals surface area contributed by atoms with Crippen LogP contribution in [0, 0.1) is 5.82 Å². The third-order valence-electron chi connectivity index (χ3n) is 2.47. The highest BCUT2D eigenvalue weighted by Crippen LogP contribution is 2.25. The smallest absolute Gasteiger partial charge is 0.223 e. The maximum absolute atomic E-state index is 13.1. The Bertz CT molecular complexity index is 563. The standard InChI is InChI=1S/C14H14BrFN2O/c1-2-17-8-10-6-11(15)9-18-14(10)19-13-5-3-4-12(16)7-13/h3-7,9,17H,2,8H2,1H3. The summed E-state index contributed by atoms with van der Waals surface area (Å²) in [5, 5.41) is 3.21. The van der Waals surface area contributed by atoms with Crippen LogP contribution >= 0.6 is 15.9 Å². The van der Waals surface area contributed by atoms with Crippen LogP contribution in [0.3, 0.4) is 0 Å². The quantitative estimate of drug-likeness (QED) is 0.906. The average Bonchev–Trinajstić information content (AvgIpc) is 2.39. The number of benzene rings is 1. The Kier molecular flexibility index (Phi) is 4.87. The molecule has 2 rings (SSSR count). The van der Waals surface area contributed by atoms with E-state index in [2.05, 4.69) is 26.2 Å². The Hall–Kier alpha value is -1.46. The van der Waals surface area contributed by atoms with Crippen molar-refractivity contribution in [1.82, 2.24) is 10.3 Å². The molecule has 2 aromatic rings. The second-order valence-electron chi connectivity index (χ2n) is 3.96. The normalized spacial score (nSPS) is 10.5. The predicted molar refractivity (Wildman–Crippen MR) is 75.8 cm³/mol. The van der Waals surface area contributed by atoms with Crippen molar-refractivity contribution in [2.75, 3.05) is 6.54 Å². The second kappa shape index (κ2) is 6.63. The van der Waals surface area contributed by atoms with E-state index in [-0.39, 0.29) is 5.82 Å². The number of hydrogen-bond donors (Lipinski definition) is 1. The van der Waals surface area contributed by atoms with Crippen molar-refractivity contribution in [2.24, 2.45) is 0 Å². The van der Waals surface area contributed by atoms with Crippen molar-refractivity contribution < 1.29 is 9.13 Å². The van der Waals surface area contributed by atoms with Gasteiger partial charge in [0.2, 0.25) is 5.88 Å². The van der Waals surface area contributed by atoms with E-state index < -0.39 is 0 Å². The summed E-state index contributed by atoms with van der Waals surface area (Å²) in [6, 6.07) is 7.95. The van der Waals surface area contributed by atoms with Gasteiger partial charge in [-0.3, -0.25) is 0 Å². The zero-order chi connectivity index (χ0) is 13.7. The van der Waals surface area contributed by atoms with Crippen LogP contribution in [0.15, 0.2) is 41.0 Å². The molecule has 0 atom stereocenters. The predicted octanol–water partition coefficient (Wildman–Crippen LogP) is 3.89. The van der Waals surface area contributed by atoms with E-state index >= 15 is 0 Å². The Balaban J connectivity index is 2.23. The van der Waals surface area contributed by atoms with Gasteiger partial charge >= 0.3 is 0 Å². The molecule has 100 valence electrons. The summed E-state index contributed by atoms with van der Waals surface area (Å²) in [5.41, 5.74) is 0.917. The van der Waals surface area contributed by atoms with Crippen molar-refractivity contribution in [3.63, 3.8) is 0 Å². The molecule has 1 heterocycles.